The third-order valence-corrected chi connectivity index (χ3v) is 3.81. The van der Waals surface area contributed by atoms with Crippen LogP contribution in [0, 0.1) is 0 Å². The Bertz CT molecular complexity index is 874. The van der Waals surface area contributed by atoms with Crippen LogP contribution < -0.4 is 25.4 Å². The van der Waals surface area contributed by atoms with Crippen LogP contribution >= 0.6 is 0 Å². The molecule has 0 aliphatic carbocycles. The topological polar surface area (TPSA) is 96.9 Å². The van der Waals surface area contributed by atoms with E-state index in [1.165, 1.54) is 0 Å². The zero-order valence-corrected chi connectivity index (χ0v) is 19.2. The predicted molar refractivity (Wildman–Crippen MR) is 124 cm³/mol. The maximum atomic E-state index is 12.2. The Hall–Kier alpha value is -3.29. The minimum absolute atomic E-state index is 0.0865. The lowest BCUT2D eigenvalue weighted by atomic mass is 10.1. The number of amides is 1. The van der Waals surface area contributed by atoms with Crippen molar-refractivity contribution in [2.75, 3.05) is 19.0 Å². The van der Waals surface area contributed by atoms with Gasteiger partial charge in [-0.25, -0.2) is 9.98 Å². The van der Waals surface area contributed by atoms with Crippen molar-refractivity contribution in [2.45, 2.75) is 52.8 Å². The molecule has 0 bridgehead atoms. The summed E-state index contributed by atoms with van der Waals surface area (Å²) in [6.45, 7) is 10.2. The molecule has 2 aromatic rings. The summed E-state index contributed by atoms with van der Waals surface area (Å²) in [5.41, 5.74) is 1.26. The van der Waals surface area contributed by atoms with Gasteiger partial charge in [0, 0.05) is 17.3 Å². The lowest BCUT2D eigenvalue weighted by Crippen LogP contribution is -2.46. The summed E-state index contributed by atoms with van der Waals surface area (Å²) in [5, 5.41) is 9.22. The number of hydrogen-bond donors (Lipinski definition) is 3. The minimum atomic E-state index is -0.305. The number of pyridine rings is 1. The summed E-state index contributed by atoms with van der Waals surface area (Å²) >= 11 is 0. The van der Waals surface area contributed by atoms with E-state index in [4.69, 9.17) is 9.47 Å². The molecule has 168 valence electrons. The molecule has 0 atom stereocenters. The molecule has 1 aromatic heterocycles. The summed E-state index contributed by atoms with van der Waals surface area (Å²) in [6.07, 6.45) is 0.106. The van der Waals surface area contributed by atoms with Crippen molar-refractivity contribution in [2.24, 2.45) is 4.99 Å². The Balaban J connectivity index is 2.11. The van der Waals surface area contributed by atoms with Crippen molar-refractivity contribution in [1.29, 1.82) is 0 Å². The number of rotatable bonds is 8. The van der Waals surface area contributed by atoms with Gasteiger partial charge in [-0.2, -0.15) is 0 Å². The standard InChI is InChI=1S/C23H33N5O3/c1-16(2)31-19-12-10-17(11-13-19)27-22(25-15-20(29)28-23(3,4)5)24-14-18-8-7-9-21(26-18)30-6/h7-13,16H,14-15H2,1-6H3,(H,28,29)(H2,24,25,27). The second-order valence-corrected chi connectivity index (χ2v) is 8.30. The number of anilines is 1. The Morgan fingerprint density at radius 2 is 1.84 bits per heavy atom. The molecule has 8 nitrogen and oxygen atoms in total. The molecule has 0 spiro atoms. The molecule has 0 saturated carbocycles. The minimum Gasteiger partial charge on any atom is -0.491 e. The Morgan fingerprint density at radius 1 is 1.13 bits per heavy atom. The number of methoxy groups -OCH3 is 1. The highest BCUT2D eigenvalue weighted by molar-refractivity contribution is 5.96. The fourth-order valence-electron chi connectivity index (χ4n) is 2.61. The first-order valence-corrected chi connectivity index (χ1v) is 10.3. The number of nitrogens with zero attached hydrogens (tertiary/aromatic N) is 2. The molecule has 1 amide bonds. The van der Waals surface area contributed by atoms with Gasteiger partial charge in [0.1, 0.15) is 5.75 Å². The first-order chi connectivity index (χ1) is 14.6. The highest BCUT2D eigenvalue weighted by Gasteiger charge is 2.14. The molecular weight excluding hydrogens is 394 g/mol. The molecule has 8 heteroatoms. The number of carbonyl (C=O) groups excluding carboxylic acids is 1. The quantitative estimate of drug-likeness (QED) is 0.442. The number of aromatic nitrogens is 1. The van der Waals surface area contributed by atoms with Crippen molar-refractivity contribution < 1.29 is 14.3 Å². The van der Waals surface area contributed by atoms with Crippen LogP contribution in [0.3, 0.4) is 0 Å². The van der Waals surface area contributed by atoms with E-state index >= 15 is 0 Å². The monoisotopic (exact) mass is 427 g/mol. The smallest absolute Gasteiger partial charge is 0.239 e. The molecule has 3 N–H and O–H groups in total. The van der Waals surface area contributed by atoms with E-state index in [0.717, 1.165) is 17.1 Å². The van der Waals surface area contributed by atoms with Crippen LogP contribution in [0.25, 0.3) is 0 Å². The Kier molecular flexibility index (Phi) is 8.66. The number of nitrogens with one attached hydrogen (secondary N) is 3. The van der Waals surface area contributed by atoms with Crippen molar-refractivity contribution in [1.82, 2.24) is 15.6 Å². The fourth-order valence-corrected chi connectivity index (χ4v) is 2.61. The summed E-state index contributed by atoms with van der Waals surface area (Å²) in [6, 6.07) is 13.1. The van der Waals surface area contributed by atoms with Crippen molar-refractivity contribution >= 4 is 17.6 Å². The van der Waals surface area contributed by atoms with Gasteiger partial charge in [-0.15, -0.1) is 0 Å². The van der Waals surface area contributed by atoms with Crippen molar-refractivity contribution in [3.63, 3.8) is 0 Å². The van der Waals surface area contributed by atoms with Crippen LogP contribution in [-0.4, -0.2) is 42.1 Å². The Morgan fingerprint density at radius 3 is 2.45 bits per heavy atom. The Labute approximate surface area is 184 Å². The normalized spacial score (nSPS) is 11.8. The van der Waals surface area contributed by atoms with Gasteiger partial charge in [0.05, 0.1) is 32.0 Å². The summed E-state index contributed by atoms with van der Waals surface area (Å²) in [5.74, 6) is 1.66. The number of ether oxygens (including phenoxy) is 2. The van der Waals surface area contributed by atoms with Gasteiger partial charge in [0.2, 0.25) is 11.8 Å². The summed E-state index contributed by atoms with van der Waals surface area (Å²) < 4.78 is 10.8. The van der Waals surface area contributed by atoms with Gasteiger partial charge in [0.15, 0.2) is 5.96 Å². The van der Waals surface area contributed by atoms with E-state index in [1.807, 2.05) is 71.0 Å². The van der Waals surface area contributed by atoms with E-state index in [9.17, 15) is 4.79 Å². The number of guanidine groups is 1. The SMILES string of the molecule is COc1cccc(CN=C(NCC(=O)NC(C)(C)C)Nc2ccc(OC(C)C)cc2)n1. The molecule has 0 unspecified atom stereocenters. The third kappa shape index (κ3) is 9.37. The van der Waals surface area contributed by atoms with E-state index in [2.05, 4.69) is 25.9 Å². The zero-order chi connectivity index (χ0) is 22.9. The van der Waals surface area contributed by atoms with E-state index in [1.54, 1.807) is 13.2 Å². The molecule has 0 aliphatic rings. The van der Waals surface area contributed by atoms with Gasteiger partial charge >= 0.3 is 0 Å². The van der Waals surface area contributed by atoms with Crippen LogP contribution in [0.15, 0.2) is 47.5 Å². The molecule has 0 aliphatic heterocycles. The van der Waals surface area contributed by atoms with E-state index < -0.39 is 0 Å². The third-order valence-electron chi connectivity index (χ3n) is 3.81. The van der Waals surface area contributed by atoms with Crippen LogP contribution in [0.2, 0.25) is 0 Å². The second kappa shape index (κ2) is 11.2. The average Bonchev–Trinajstić information content (AvgIpc) is 2.70. The van der Waals surface area contributed by atoms with E-state index in [0.29, 0.717) is 18.4 Å². The molecule has 0 fully saturated rings. The molecular formula is C23H33N5O3. The highest BCUT2D eigenvalue weighted by Crippen LogP contribution is 2.17. The molecule has 31 heavy (non-hydrogen) atoms. The summed E-state index contributed by atoms with van der Waals surface area (Å²) in [7, 11) is 1.57. The summed E-state index contributed by atoms with van der Waals surface area (Å²) in [4.78, 5) is 21.2. The lowest BCUT2D eigenvalue weighted by Gasteiger charge is -2.21. The second-order valence-electron chi connectivity index (χ2n) is 8.30. The lowest BCUT2D eigenvalue weighted by molar-refractivity contribution is -0.121. The molecule has 0 radical (unpaired) electrons. The number of hydrogen-bond acceptors (Lipinski definition) is 5. The van der Waals surface area contributed by atoms with Crippen LogP contribution in [0.5, 0.6) is 11.6 Å². The van der Waals surface area contributed by atoms with Gasteiger partial charge in [-0.05, 0) is 65.0 Å². The average molecular weight is 428 g/mol. The number of carbonyl (C=O) groups is 1. The molecule has 1 aromatic carbocycles. The van der Waals surface area contributed by atoms with E-state index in [-0.39, 0.29) is 24.1 Å². The predicted octanol–water partition coefficient (Wildman–Crippen LogP) is 3.35. The molecule has 1 heterocycles. The van der Waals surface area contributed by atoms with Gasteiger partial charge < -0.3 is 25.4 Å². The van der Waals surface area contributed by atoms with Crippen LogP contribution in [0.1, 0.15) is 40.3 Å². The molecule has 0 saturated heterocycles. The number of benzene rings is 1. The van der Waals surface area contributed by atoms with Crippen LogP contribution in [-0.2, 0) is 11.3 Å². The van der Waals surface area contributed by atoms with Crippen molar-refractivity contribution in [3.05, 3.63) is 48.2 Å². The first kappa shape index (κ1) is 24.0. The highest BCUT2D eigenvalue weighted by atomic mass is 16.5. The number of aliphatic imine (C=N–C) groups is 1. The maximum absolute atomic E-state index is 12.2. The fraction of sp³-hybridized carbons (Fsp3) is 0.435. The van der Waals surface area contributed by atoms with Gasteiger partial charge in [-0.1, -0.05) is 6.07 Å². The zero-order valence-electron chi connectivity index (χ0n) is 19.2. The van der Waals surface area contributed by atoms with Crippen molar-refractivity contribution in [3.8, 4) is 11.6 Å². The molecule has 2 rings (SSSR count). The van der Waals surface area contributed by atoms with Crippen LogP contribution in [0.4, 0.5) is 5.69 Å². The largest absolute Gasteiger partial charge is 0.491 e. The van der Waals surface area contributed by atoms with Gasteiger partial charge in [-0.3, -0.25) is 4.79 Å². The van der Waals surface area contributed by atoms with Gasteiger partial charge in [0.25, 0.3) is 0 Å². The maximum Gasteiger partial charge on any atom is 0.239 e. The first-order valence-electron chi connectivity index (χ1n) is 10.3.